The van der Waals surface area contributed by atoms with Crippen molar-refractivity contribution >= 4 is 50.9 Å². The van der Waals surface area contributed by atoms with E-state index in [0.717, 1.165) is 15.6 Å². The number of anilines is 3. The number of carbonyl (C=O) groups is 2. The standard InChI is InChI=1S/C12H11N3O5S2/c1-7(16)14-8-2-4-9(5-3-8)15(22(19)20)11-10(12(17)18)13-6-21-11/h2-6H,1H3,(H,14,16)(H,17,18)(H,19,20). The topological polar surface area (TPSA) is 120 Å². The van der Waals surface area contributed by atoms with Crippen molar-refractivity contribution in [1.29, 1.82) is 0 Å². The van der Waals surface area contributed by atoms with E-state index in [1.807, 2.05) is 0 Å². The molecule has 0 saturated carbocycles. The van der Waals surface area contributed by atoms with Crippen LogP contribution in [-0.4, -0.2) is 30.7 Å². The zero-order chi connectivity index (χ0) is 16.3. The number of aromatic nitrogens is 1. The predicted octanol–water partition coefficient (Wildman–Crippen LogP) is 2.07. The van der Waals surface area contributed by atoms with Crippen molar-refractivity contribution in [2.75, 3.05) is 9.62 Å². The van der Waals surface area contributed by atoms with Crippen LogP contribution in [0.1, 0.15) is 17.4 Å². The molecule has 2 rings (SSSR count). The molecule has 22 heavy (non-hydrogen) atoms. The summed E-state index contributed by atoms with van der Waals surface area (Å²) in [7, 11) is 0. The Kier molecular flexibility index (Phi) is 4.85. The van der Waals surface area contributed by atoms with E-state index < -0.39 is 17.2 Å². The maximum absolute atomic E-state index is 11.6. The van der Waals surface area contributed by atoms with E-state index in [4.69, 9.17) is 5.11 Å². The maximum atomic E-state index is 11.6. The van der Waals surface area contributed by atoms with Gasteiger partial charge in [-0.05, 0) is 24.3 Å². The van der Waals surface area contributed by atoms with Gasteiger partial charge in [0.05, 0.1) is 11.2 Å². The molecule has 1 amide bonds. The van der Waals surface area contributed by atoms with Crippen LogP contribution in [0.3, 0.4) is 0 Å². The minimum Gasteiger partial charge on any atom is -0.476 e. The van der Waals surface area contributed by atoms with Crippen LogP contribution in [0.2, 0.25) is 0 Å². The first-order valence-electron chi connectivity index (χ1n) is 5.85. The summed E-state index contributed by atoms with van der Waals surface area (Å²) in [5.74, 6) is -1.53. The molecule has 1 aromatic heterocycles. The second-order valence-electron chi connectivity index (χ2n) is 4.06. The first-order chi connectivity index (χ1) is 10.4. The molecule has 8 nitrogen and oxygen atoms in total. The van der Waals surface area contributed by atoms with Crippen molar-refractivity contribution < 1.29 is 23.5 Å². The van der Waals surface area contributed by atoms with Crippen LogP contribution in [0.25, 0.3) is 0 Å². The molecule has 0 radical (unpaired) electrons. The van der Waals surface area contributed by atoms with Gasteiger partial charge in [-0.3, -0.25) is 9.35 Å². The van der Waals surface area contributed by atoms with Gasteiger partial charge in [-0.25, -0.2) is 18.3 Å². The Labute approximate surface area is 131 Å². The van der Waals surface area contributed by atoms with Gasteiger partial charge in [0.1, 0.15) is 5.00 Å². The van der Waals surface area contributed by atoms with Crippen LogP contribution >= 0.6 is 11.3 Å². The van der Waals surface area contributed by atoms with Crippen molar-refractivity contribution in [2.24, 2.45) is 0 Å². The van der Waals surface area contributed by atoms with Crippen LogP contribution in [0.15, 0.2) is 29.8 Å². The molecule has 1 heterocycles. The Morgan fingerprint density at radius 1 is 1.32 bits per heavy atom. The van der Waals surface area contributed by atoms with Crippen LogP contribution in [0.4, 0.5) is 16.4 Å². The average molecular weight is 341 g/mol. The third kappa shape index (κ3) is 3.47. The SMILES string of the molecule is CC(=O)Nc1ccc(N(c2scnc2C(=O)O)S(=O)O)cc1. The van der Waals surface area contributed by atoms with Gasteiger partial charge in [-0.2, -0.15) is 0 Å². The van der Waals surface area contributed by atoms with E-state index in [2.05, 4.69) is 10.3 Å². The number of nitrogens with zero attached hydrogens (tertiary/aromatic N) is 2. The van der Waals surface area contributed by atoms with Gasteiger partial charge >= 0.3 is 5.97 Å². The fraction of sp³-hybridized carbons (Fsp3) is 0.0833. The predicted molar refractivity (Wildman–Crippen MR) is 82.7 cm³/mol. The third-order valence-electron chi connectivity index (χ3n) is 2.51. The number of carboxylic acids is 1. The lowest BCUT2D eigenvalue weighted by molar-refractivity contribution is -0.114. The largest absolute Gasteiger partial charge is 0.476 e. The Morgan fingerprint density at radius 3 is 2.45 bits per heavy atom. The van der Waals surface area contributed by atoms with Gasteiger partial charge in [0.2, 0.25) is 5.91 Å². The molecule has 0 aliphatic carbocycles. The Morgan fingerprint density at radius 2 is 1.95 bits per heavy atom. The van der Waals surface area contributed by atoms with E-state index in [1.165, 1.54) is 36.7 Å². The molecular formula is C12H11N3O5S2. The summed E-state index contributed by atoms with van der Waals surface area (Å²) >= 11 is -1.54. The highest BCUT2D eigenvalue weighted by Gasteiger charge is 2.24. The molecule has 0 saturated heterocycles. The lowest BCUT2D eigenvalue weighted by Gasteiger charge is -2.18. The maximum Gasteiger partial charge on any atom is 0.357 e. The summed E-state index contributed by atoms with van der Waals surface area (Å²) in [5.41, 5.74) is 1.78. The Bertz CT molecular complexity index is 729. The van der Waals surface area contributed by atoms with Gasteiger partial charge in [-0.1, -0.05) is 0 Å². The number of aromatic carboxylic acids is 1. The monoisotopic (exact) mass is 341 g/mol. The fourth-order valence-corrected chi connectivity index (χ4v) is 3.25. The second-order valence-corrected chi connectivity index (χ2v) is 5.72. The average Bonchev–Trinajstić information content (AvgIpc) is 2.89. The fourth-order valence-electron chi connectivity index (χ4n) is 1.69. The number of amides is 1. The van der Waals surface area contributed by atoms with Gasteiger partial charge in [0, 0.05) is 12.6 Å². The molecule has 0 spiro atoms. The van der Waals surface area contributed by atoms with E-state index in [0.29, 0.717) is 11.4 Å². The molecular weight excluding hydrogens is 330 g/mol. The summed E-state index contributed by atoms with van der Waals surface area (Å²) in [5, 5.41) is 11.7. The molecule has 0 fully saturated rings. The first-order valence-corrected chi connectivity index (χ1v) is 7.80. The van der Waals surface area contributed by atoms with E-state index in [1.54, 1.807) is 0 Å². The van der Waals surface area contributed by atoms with Crippen molar-refractivity contribution in [3.63, 3.8) is 0 Å². The number of carbonyl (C=O) groups excluding carboxylic acids is 1. The zero-order valence-electron chi connectivity index (χ0n) is 11.2. The Balaban J connectivity index is 2.40. The number of benzene rings is 1. The highest BCUT2D eigenvalue weighted by Crippen LogP contribution is 2.33. The minimum absolute atomic E-state index is 0.0422. The van der Waals surface area contributed by atoms with Crippen LogP contribution in [0, 0.1) is 0 Å². The van der Waals surface area contributed by atoms with Crippen molar-refractivity contribution in [2.45, 2.75) is 6.92 Å². The van der Waals surface area contributed by atoms with Gasteiger partial charge in [0.25, 0.3) is 11.3 Å². The molecule has 1 unspecified atom stereocenters. The zero-order valence-corrected chi connectivity index (χ0v) is 12.8. The lowest BCUT2D eigenvalue weighted by atomic mass is 10.2. The van der Waals surface area contributed by atoms with E-state index in [9.17, 15) is 18.4 Å². The molecule has 1 aromatic carbocycles. The number of carboxylic acid groups (broad SMARTS) is 1. The van der Waals surface area contributed by atoms with Crippen molar-refractivity contribution in [1.82, 2.24) is 4.98 Å². The summed E-state index contributed by atoms with van der Waals surface area (Å²) in [6, 6.07) is 6.06. The summed E-state index contributed by atoms with van der Waals surface area (Å²) in [6.07, 6.45) is 0. The van der Waals surface area contributed by atoms with Gasteiger partial charge in [0.15, 0.2) is 5.69 Å². The van der Waals surface area contributed by atoms with Crippen LogP contribution in [-0.2, 0) is 16.1 Å². The number of thiazole rings is 1. The van der Waals surface area contributed by atoms with E-state index in [-0.39, 0.29) is 16.6 Å². The molecule has 10 heteroatoms. The Hall–Kier alpha value is -2.30. The van der Waals surface area contributed by atoms with Crippen molar-refractivity contribution in [3.8, 4) is 0 Å². The van der Waals surface area contributed by atoms with Gasteiger partial charge in [-0.15, -0.1) is 11.3 Å². The summed E-state index contributed by atoms with van der Waals surface area (Å²) < 4.78 is 22.0. The van der Waals surface area contributed by atoms with Crippen LogP contribution < -0.4 is 9.62 Å². The summed E-state index contributed by atoms with van der Waals surface area (Å²) in [6.45, 7) is 1.36. The molecule has 0 aliphatic rings. The molecule has 116 valence electrons. The molecule has 2 aromatic rings. The number of hydrogen-bond donors (Lipinski definition) is 3. The normalized spacial score (nSPS) is 11.7. The molecule has 0 aliphatic heterocycles. The number of hydrogen-bond acceptors (Lipinski definition) is 5. The second kappa shape index (κ2) is 6.64. The molecule has 3 N–H and O–H groups in total. The first kappa shape index (κ1) is 16.1. The van der Waals surface area contributed by atoms with E-state index >= 15 is 0 Å². The minimum atomic E-state index is -2.47. The number of nitrogens with one attached hydrogen (secondary N) is 1. The summed E-state index contributed by atoms with van der Waals surface area (Å²) in [4.78, 5) is 25.7. The van der Waals surface area contributed by atoms with Crippen molar-refractivity contribution in [3.05, 3.63) is 35.5 Å². The highest BCUT2D eigenvalue weighted by molar-refractivity contribution is 7.81. The highest BCUT2D eigenvalue weighted by atomic mass is 32.2. The smallest absolute Gasteiger partial charge is 0.357 e. The molecule has 1 atom stereocenters. The third-order valence-corrected chi connectivity index (χ3v) is 4.15. The number of rotatable bonds is 5. The lowest BCUT2D eigenvalue weighted by Crippen LogP contribution is -2.20. The van der Waals surface area contributed by atoms with Gasteiger partial charge < -0.3 is 10.4 Å². The molecule has 0 bridgehead atoms. The van der Waals surface area contributed by atoms with Crippen LogP contribution in [0.5, 0.6) is 0 Å². The quantitative estimate of drug-likeness (QED) is 0.716.